The number of anilines is 1. The normalized spacial score (nSPS) is 12.5. The van der Waals surface area contributed by atoms with Gasteiger partial charge in [0.1, 0.15) is 6.54 Å². The Morgan fingerprint density at radius 3 is 1.97 bits per heavy atom. The number of nitrogens with one attached hydrogen (secondary N) is 1. The Hall–Kier alpha value is -3.12. The van der Waals surface area contributed by atoms with E-state index in [-0.39, 0.29) is 23.4 Å². The summed E-state index contributed by atoms with van der Waals surface area (Å²) in [6.07, 6.45) is 0. The zero-order valence-corrected chi connectivity index (χ0v) is 22.5. The molecule has 0 unspecified atom stereocenters. The van der Waals surface area contributed by atoms with Gasteiger partial charge in [-0.1, -0.05) is 55.8 Å². The van der Waals surface area contributed by atoms with E-state index in [2.05, 4.69) is 38.2 Å². The molecule has 6 heteroatoms. The minimum Gasteiger partial charge on any atom is -0.348 e. The number of carbonyl (C=O) groups is 1. The molecule has 5 nitrogen and oxygen atoms in total. The van der Waals surface area contributed by atoms with Crippen LogP contribution in [0.15, 0.2) is 65.6 Å². The van der Waals surface area contributed by atoms with Crippen LogP contribution in [0.3, 0.4) is 0 Å². The first kappa shape index (κ1) is 26.5. The maximum atomic E-state index is 13.6. The van der Waals surface area contributed by atoms with Gasteiger partial charge in [0, 0.05) is 0 Å². The summed E-state index contributed by atoms with van der Waals surface area (Å²) >= 11 is 0. The first-order valence-corrected chi connectivity index (χ1v) is 13.4. The van der Waals surface area contributed by atoms with Crippen LogP contribution in [-0.4, -0.2) is 20.9 Å². The number of carbonyl (C=O) groups excluding carboxylic acids is 1. The molecule has 0 saturated heterocycles. The predicted molar refractivity (Wildman–Crippen MR) is 143 cm³/mol. The summed E-state index contributed by atoms with van der Waals surface area (Å²) in [7, 11) is -3.95. The Bertz CT molecular complexity index is 1300. The summed E-state index contributed by atoms with van der Waals surface area (Å²) in [4.78, 5) is 13.3. The summed E-state index contributed by atoms with van der Waals surface area (Å²) in [5.41, 5.74) is 6.99. The minimum atomic E-state index is -3.95. The second-order valence-electron chi connectivity index (χ2n) is 9.65. The van der Waals surface area contributed by atoms with Crippen LogP contribution in [-0.2, 0) is 14.8 Å². The smallest absolute Gasteiger partial charge is 0.264 e. The SMILES string of the molecule is Cc1ccc(S(=O)(=O)N(CC(=O)N[C@H](C)c2cc(C)c(C)cc2C)c2ccc(C(C)C)cc2)cc1. The van der Waals surface area contributed by atoms with Crippen molar-refractivity contribution in [1.29, 1.82) is 0 Å². The molecule has 3 aromatic carbocycles. The van der Waals surface area contributed by atoms with Crippen LogP contribution in [0.5, 0.6) is 0 Å². The molecule has 3 aromatic rings. The lowest BCUT2D eigenvalue weighted by Crippen LogP contribution is -2.41. The second kappa shape index (κ2) is 10.6. The van der Waals surface area contributed by atoms with Gasteiger partial charge < -0.3 is 5.32 Å². The van der Waals surface area contributed by atoms with E-state index in [0.717, 1.165) is 27.8 Å². The summed E-state index contributed by atoms with van der Waals surface area (Å²) < 4.78 is 28.5. The van der Waals surface area contributed by atoms with Crippen molar-refractivity contribution in [3.05, 3.63) is 94.0 Å². The molecule has 35 heavy (non-hydrogen) atoms. The van der Waals surface area contributed by atoms with E-state index in [1.54, 1.807) is 36.4 Å². The Morgan fingerprint density at radius 2 is 1.40 bits per heavy atom. The molecule has 0 spiro atoms. The highest BCUT2D eigenvalue weighted by atomic mass is 32.2. The monoisotopic (exact) mass is 492 g/mol. The van der Waals surface area contributed by atoms with Gasteiger partial charge in [-0.2, -0.15) is 0 Å². The average molecular weight is 493 g/mol. The molecule has 1 N–H and O–H groups in total. The molecule has 0 aliphatic rings. The predicted octanol–water partition coefficient (Wildman–Crippen LogP) is 6.12. The summed E-state index contributed by atoms with van der Waals surface area (Å²) in [6, 6.07) is 18.0. The van der Waals surface area contributed by atoms with Gasteiger partial charge in [0.2, 0.25) is 5.91 Å². The average Bonchev–Trinajstić information content (AvgIpc) is 2.80. The highest BCUT2D eigenvalue weighted by Crippen LogP contribution is 2.27. The van der Waals surface area contributed by atoms with Crippen LogP contribution in [0.4, 0.5) is 5.69 Å². The van der Waals surface area contributed by atoms with E-state index in [4.69, 9.17) is 0 Å². The summed E-state index contributed by atoms with van der Waals surface area (Å²) in [5.74, 6) is -0.0460. The van der Waals surface area contributed by atoms with E-state index in [1.165, 1.54) is 9.87 Å². The molecule has 0 aliphatic carbocycles. The third-order valence-electron chi connectivity index (χ3n) is 6.47. The lowest BCUT2D eigenvalue weighted by atomic mass is 9.96. The fourth-order valence-corrected chi connectivity index (χ4v) is 5.54. The molecule has 1 amide bonds. The number of amides is 1. The van der Waals surface area contributed by atoms with Gasteiger partial charge in [-0.25, -0.2) is 8.42 Å². The number of rotatable bonds is 8. The number of aryl methyl sites for hydroxylation is 4. The van der Waals surface area contributed by atoms with Crippen molar-refractivity contribution in [2.75, 3.05) is 10.8 Å². The Kier molecular flexibility index (Phi) is 8.06. The van der Waals surface area contributed by atoms with Gasteiger partial charge in [-0.15, -0.1) is 0 Å². The maximum Gasteiger partial charge on any atom is 0.264 e. The number of hydrogen-bond acceptors (Lipinski definition) is 3. The van der Waals surface area contributed by atoms with Crippen LogP contribution in [0.25, 0.3) is 0 Å². The third kappa shape index (κ3) is 6.12. The van der Waals surface area contributed by atoms with Crippen molar-refractivity contribution in [3.8, 4) is 0 Å². The van der Waals surface area contributed by atoms with Crippen LogP contribution in [0, 0.1) is 27.7 Å². The quantitative estimate of drug-likeness (QED) is 0.412. The molecule has 0 fully saturated rings. The van der Waals surface area contributed by atoms with E-state index >= 15 is 0 Å². The zero-order chi connectivity index (χ0) is 25.9. The lowest BCUT2D eigenvalue weighted by molar-refractivity contribution is -0.120. The van der Waals surface area contributed by atoms with Crippen molar-refractivity contribution in [1.82, 2.24) is 5.32 Å². The van der Waals surface area contributed by atoms with Crippen LogP contribution < -0.4 is 9.62 Å². The van der Waals surface area contributed by atoms with Crippen molar-refractivity contribution < 1.29 is 13.2 Å². The van der Waals surface area contributed by atoms with E-state index in [9.17, 15) is 13.2 Å². The molecular weight excluding hydrogens is 456 g/mol. The molecule has 0 radical (unpaired) electrons. The topological polar surface area (TPSA) is 66.5 Å². The van der Waals surface area contributed by atoms with Crippen molar-refractivity contribution in [2.45, 2.75) is 65.3 Å². The summed E-state index contributed by atoms with van der Waals surface area (Å²) in [5, 5.41) is 3.00. The minimum absolute atomic E-state index is 0.155. The van der Waals surface area contributed by atoms with E-state index < -0.39 is 10.0 Å². The molecule has 0 bridgehead atoms. The fraction of sp³-hybridized carbons (Fsp3) is 0.345. The van der Waals surface area contributed by atoms with Crippen LogP contribution in [0.2, 0.25) is 0 Å². The van der Waals surface area contributed by atoms with Crippen molar-refractivity contribution in [2.24, 2.45) is 0 Å². The number of nitrogens with zero attached hydrogens (tertiary/aromatic N) is 1. The Balaban J connectivity index is 1.92. The molecule has 1 atom stereocenters. The first-order chi connectivity index (χ1) is 16.4. The van der Waals surface area contributed by atoms with Crippen LogP contribution >= 0.6 is 0 Å². The Labute approximate surface area is 210 Å². The Morgan fingerprint density at radius 1 is 0.829 bits per heavy atom. The van der Waals surface area contributed by atoms with Gasteiger partial charge in [-0.3, -0.25) is 9.10 Å². The maximum absolute atomic E-state index is 13.6. The second-order valence-corrected chi connectivity index (χ2v) is 11.5. The molecule has 0 saturated carbocycles. The van der Waals surface area contributed by atoms with Crippen LogP contribution in [0.1, 0.15) is 66.1 Å². The molecular formula is C29H36N2O3S. The number of hydrogen-bond donors (Lipinski definition) is 1. The largest absolute Gasteiger partial charge is 0.348 e. The number of benzene rings is 3. The highest BCUT2D eigenvalue weighted by molar-refractivity contribution is 7.92. The van der Waals surface area contributed by atoms with Gasteiger partial charge in [-0.05, 0) is 92.6 Å². The lowest BCUT2D eigenvalue weighted by Gasteiger charge is -2.26. The van der Waals surface area contributed by atoms with Gasteiger partial charge in [0.15, 0.2) is 0 Å². The number of sulfonamides is 1. The molecule has 0 aliphatic heterocycles. The summed E-state index contributed by atoms with van der Waals surface area (Å²) in [6.45, 7) is 13.8. The van der Waals surface area contributed by atoms with Crippen molar-refractivity contribution in [3.63, 3.8) is 0 Å². The van der Waals surface area contributed by atoms with E-state index in [0.29, 0.717) is 11.6 Å². The molecule has 0 heterocycles. The molecule has 186 valence electrons. The highest BCUT2D eigenvalue weighted by Gasteiger charge is 2.28. The van der Waals surface area contributed by atoms with Gasteiger partial charge in [0.25, 0.3) is 10.0 Å². The third-order valence-corrected chi connectivity index (χ3v) is 8.26. The standard InChI is InChI=1S/C29H36N2O3S/c1-19(2)25-10-12-26(13-11-25)31(35(33,34)27-14-8-20(3)9-15-27)18-29(32)30-24(7)28-17-22(5)21(4)16-23(28)6/h8-17,19,24H,18H2,1-7H3,(H,30,32)/t24-/m1/s1. The van der Waals surface area contributed by atoms with Gasteiger partial charge in [0.05, 0.1) is 16.6 Å². The van der Waals surface area contributed by atoms with Gasteiger partial charge >= 0.3 is 0 Å². The molecule has 0 aromatic heterocycles. The molecule has 3 rings (SSSR count). The van der Waals surface area contributed by atoms with E-state index in [1.807, 2.05) is 39.8 Å². The zero-order valence-electron chi connectivity index (χ0n) is 21.7. The van der Waals surface area contributed by atoms with Crippen molar-refractivity contribution >= 4 is 21.6 Å². The fourth-order valence-electron chi connectivity index (χ4n) is 4.12. The first-order valence-electron chi connectivity index (χ1n) is 12.0.